The number of anilines is 1. The van der Waals surface area contributed by atoms with Gasteiger partial charge in [0.2, 0.25) is 5.91 Å². The van der Waals surface area contributed by atoms with Crippen molar-refractivity contribution in [3.63, 3.8) is 0 Å². The van der Waals surface area contributed by atoms with Gasteiger partial charge in [0, 0.05) is 18.2 Å². The Morgan fingerprint density at radius 2 is 1.69 bits per heavy atom. The number of aryl methyl sites for hydroxylation is 1. The number of nitrogens with one attached hydrogen (secondary N) is 2. The van der Waals surface area contributed by atoms with Crippen LogP contribution in [0.1, 0.15) is 36.8 Å². The van der Waals surface area contributed by atoms with Gasteiger partial charge in [-0.1, -0.05) is 48.0 Å². The number of benzene rings is 2. The molecule has 0 heterocycles. The number of nitrogens with zero attached hydrogens (tertiary/aromatic N) is 1. The minimum atomic E-state index is -0.155. The maximum atomic E-state index is 11.3. The molecule has 3 rings (SSSR count). The number of carbonyl (C=O) groups excluding carboxylic acids is 1. The second-order valence-electron chi connectivity index (χ2n) is 7.64. The molecule has 4 N–H and O–H groups in total. The Morgan fingerprint density at radius 3 is 2.31 bits per heavy atom. The van der Waals surface area contributed by atoms with Gasteiger partial charge in [0.1, 0.15) is 0 Å². The Kier molecular flexibility index (Phi) is 9.44. The van der Waals surface area contributed by atoms with E-state index in [1.165, 1.54) is 11.1 Å². The Hall–Kier alpha value is -2.09. The van der Waals surface area contributed by atoms with E-state index in [2.05, 4.69) is 41.8 Å². The van der Waals surface area contributed by atoms with Crippen molar-refractivity contribution in [2.75, 3.05) is 11.9 Å². The summed E-state index contributed by atoms with van der Waals surface area (Å²) < 4.78 is 0. The smallest absolute Gasteiger partial charge is 0.220 e. The van der Waals surface area contributed by atoms with Crippen molar-refractivity contribution >= 4 is 41.5 Å². The van der Waals surface area contributed by atoms with E-state index in [0.717, 1.165) is 43.9 Å². The molecule has 156 valence electrons. The summed E-state index contributed by atoms with van der Waals surface area (Å²) in [7, 11) is 0. The summed E-state index contributed by atoms with van der Waals surface area (Å²) >= 11 is 0. The van der Waals surface area contributed by atoms with Crippen molar-refractivity contribution in [2.24, 2.45) is 22.6 Å². The monoisotopic (exact) mass is 506 g/mol. The lowest BCUT2D eigenvalue weighted by Crippen LogP contribution is -2.37. The molecule has 29 heavy (non-hydrogen) atoms. The molecule has 1 amide bonds. The number of primary amides is 1. The standard InChI is InChI=1S/C23H30N4O.HI/c1-17-7-9-18(10-8-17)15-25-23(27-21-5-3-2-4-6-21)26-16-19-11-13-20(14-12-19)22(24)28;/h2-10,19-20H,11-16H2,1H3,(H2,24,28)(H2,25,26,27);1H. The van der Waals surface area contributed by atoms with Crippen LogP contribution in [0.25, 0.3) is 0 Å². The van der Waals surface area contributed by atoms with Crippen molar-refractivity contribution in [3.8, 4) is 0 Å². The largest absolute Gasteiger partial charge is 0.369 e. The first-order valence-electron chi connectivity index (χ1n) is 10.1. The molecule has 1 aliphatic rings. The Labute approximate surface area is 190 Å². The summed E-state index contributed by atoms with van der Waals surface area (Å²) in [5.41, 5.74) is 8.88. The van der Waals surface area contributed by atoms with Crippen LogP contribution in [0.3, 0.4) is 0 Å². The van der Waals surface area contributed by atoms with Crippen LogP contribution in [0.15, 0.2) is 59.6 Å². The molecule has 5 nitrogen and oxygen atoms in total. The topological polar surface area (TPSA) is 79.5 Å². The van der Waals surface area contributed by atoms with E-state index in [1.54, 1.807) is 0 Å². The predicted octanol–water partition coefficient (Wildman–Crippen LogP) is 4.46. The maximum absolute atomic E-state index is 11.3. The number of guanidine groups is 1. The van der Waals surface area contributed by atoms with Gasteiger partial charge in [-0.2, -0.15) is 0 Å². The molecule has 6 heteroatoms. The van der Waals surface area contributed by atoms with E-state index < -0.39 is 0 Å². The molecular weight excluding hydrogens is 475 g/mol. The van der Waals surface area contributed by atoms with Gasteiger partial charge >= 0.3 is 0 Å². The van der Waals surface area contributed by atoms with Gasteiger partial charge in [-0.05, 0) is 56.2 Å². The van der Waals surface area contributed by atoms with Crippen LogP contribution in [-0.4, -0.2) is 18.4 Å². The molecule has 0 saturated heterocycles. The van der Waals surface area contributed by atoms with Crippen molar-refractivity contribution in [1.29, 1.82) is 0 Å². The fourth-order valence-electron chi connectivity index (χ4n) is 3.55. The van der Waals surface area contributed by atoms with Crippen molar-refractivity contribution in [2.45, 2.75) is 39.2 Å². The van der Waals surface area contributed by atoms with E-state index in [0.29, 0.717) is 12.5 Å². The summed E-state index contributed by atoms with van der Waals surface area (Å²) in [5, 5.41) is 6.88. The van der Waals surface area contributed by atoms with Crippen molar-refractivity contribution < 1.29 is 4.79 Å². The number of hydrogen-bond donors (Lipinski definition) is 3. The zero-order valence-electron chi connectivity index (χ0n) is 16.9. The lowest BCUT2D eigenvalue weighted by Gasteiger charge is -2.27. The van der Waals surface area contributed by atoms with Crippen LogP contribution in [0.5, 0.6) is 0 Å². The molecule has 0 atom stereocenters. The van der Waals surface area contributed by atoms with Crippen LogP contribution in [0.4, 0.5) is 5.69 Å². The summed E-state index contributed by atoms with van der Waals surface area (Å²) in [6.07, 6.45) is 3.83. The van der Waals surface area contributed by atoms with Gasteiger partial charge in [0.15, 0.2) is 5.96 Å². The maximum Gasteiger partial charge on any atom is 0.220 e. The van der Waals surface area contributed by atoms with E-state index in [9.17, 15) is 4.79 Å². The lowest BCUT2D eigenvalue weighted by atomic mass is 9.82. The summed E-state index contributed by atoms with van der Waals surface area (Å²) in [4.78, 5) is 16.1. The van der Waals surface area contributed by atoms with E-state index in [4.69, 9.17) is 10.7 Å². The third kappa shape index (κ3) is 7.68. The number of hydrogen-bond acceptors (Lipinski definition) is 2. The number of para-hydroxylation sites is 1. The van der Waals surface area contributed by atoms with Crippen LogP contribution < -0.4 is 16.4 Å². The average Bonchev–Trinajstić information content (AvgIpc) is 2.72. The van der Waals surface area contributed by atoms with Crippen LogP contribution in [0, 0.1) is 18.8 Å². The molecule has 0 spiro atoms. The van der Waals surface area contributed by atoms with E-state index >= 15 is 0 Å². The minimum absolute atomic E-state index is 0. The Bertz CT molecular complexity index is 784. The summed E-state index contributed by atoms with van der Waals surface area (Å²) in [5.74, 6) is 1.22. The van der Waals surface area contributed by atoms with Gasteiger partial charge in [-0.15, -0.1) is 24.0 Å². The molecular formula is C23H31IN4O. The molecule has 1 saturated carbocycles. The first-order valence-corrected chi connectivity index (χ1v) is 10.1. The second kappa shape index (κ2) is 11.8. The SMILES string of the molecule is Cc1ccc(CN=C(NCC2CCC(C(N)=O)CC2)Nc2ccccc2)cc1.I. The quantitative estimate of drug-likeness (QED) is 0.308. The Balaban J connectivity index is 0.00000300. The van der Waals surface area contributed by atoms with Crippen molar-refractivity contribution in [1.82, 2.24) is 5.32 Å². The van der Waals surface area contributed by atoms with Gasteiger partial charge in [0.25, 0.3) is 0 Å². The van der Waals surface area contributed by atoms with E-state index in [1.807, 2.05) is 30.3 Å². The third-order valence-electron chi connectivity index (χ3n) is 5.38. The number of nitrogens with two attached hydrogens (primary N) is 1. The molecule has 1 fully saturated rings. The summed E-state index contributed by atoms with van der Waals surface area (Å²) in [6, 6.07) is 18.5. The highest BCUT2D eigenvalue weighted by Crippen LogP contribution is 2.28. The summed E-state index contributed by atoms with van der Waals surface area (Å²) in [6.45, 7) is 3.55. The molecule has 2 aromatic rings. The zero-order chi connectivity index (χ0) is 19.8. The predicted molar refractivity (Wildman–Crippen MR) is 130 cm³/mol. The minimum Gasteiger partial charge on any atom is -0.369 e. The number of amides is 1. The zero-order valence-corrected chi connectivity index (χ0v) is 19.3. The highest BCUT2D eigenvalue weighted by molar-refractivity contribution is 14.0. The second-order valence-corrected chi connectivity index (χ2v) is 7.64. The first-order chi connectivity index (χ1) is 13.6. The van der Waals surface area contributed by atoms with Crippen LogP contribution in [-0.2, 0) is 11.3 Å². The molecule has 2 aromatic carbocycles. The fraction of sp³-hybridized carbons (Fsp3) is 0.391. The van der Waals surface area contributed by atoms with Gasteiger partial charge in [-0.25, -0.2) is 4.99 Å². The molecule has 0 aromatic heterocycles. The lowest BCUT2D eigenvalue weighted by molar-refractivity contribution is -0.122. The number of rotatable bonds is 6. The first kappa shape index (κ1) is 23.2. The molecule has 0 unspecified atom stereocenters. The van der Waals surface area contributed by atoms with Crippen LogP contribution >= 0.6 is 24.0 Å². The number of halogens is 1. The average molecular weight is 506 g/mol. The third-order valence-corrected chi connectivity index (χ3v) is 5.38. The van der Waals surface area contributed by atoms with Crippen molar-refractivity contribution in [3.05, 3.63) is 65.7 Å². The molecule has 1 aliphatic carbocycles. The normalized spacial score (nSPS) is 19.1. The van der Waals surface area contributed by atoms with Gasteiger partial charge < -0.3 is 16.4 Å². The number of aliphatic imine (C=N–C) groups is 1. The molecule has 0 radical (unpaired) electrons. The van der Waals surface area contributed by atoms with Crippen LogP contribution in [0.2, 0.25) is 0 Å². The van der Waals surface area contributed by atoms with Gasteiger partial charge in [0.05, 0.1) is 6.54 Å². The molecule has 0 aliphatic heterocycles. The highest BCUT2D eigenvalue weighted by Gasteiger charge is 2.24. The number of carbonyl (C=O) groups is 1. The van der Waals surface area contributed by atoms with Gasteiger partial charge in [-0.3, -0.25) is 4.79 Å². The fourth-order valence-corrected chi connectivity index (χ4v) is 3.55. The Morgan fingerprint density at radius 1 is 1.03 bits per heavy atom. The molecule has 0 bridgehead atoms. The van der Waals surface area contributed by atoms with E-state index in [-0.39, 0.29) is 35.8 Å². The highest BCUT2D eigenvalue weighted by atomic mass is 127.